The largest absolute Gasteiger partial charge is 0.378 e. The number of aromatic nitrogens is 1. The molecule has 1 fully saturated rings. The molecule has 1 saturated heterocycles. The van der Waals surface area contributed by atoms with E-state index in [9.17, 15) is 0 Å². The van der Waals surface area contributed by atoms with E-state index < -0.39 is 0 Å². The maximum absolute atomic E-state index is 5.45. The summed E-state index contributed by atoms with van der Waals surface area (Å²) >= 11 is 0. The molecule has 1 aliphatic rings. The van der Waals surface area contributed by atoms with Crippen LogP contribution in [0.1, 0.15) is 24.0 Å². The lowest BCUT2D eigenvalue weighted by Crippen LogP contribution is -2.40. The van der Waals surface area contributed by atoms with E-state index in [-0.39, 0.29) is 24.0 Å². The molecule has 0 bridgehead atoms. The average Bonchev–Trinajstić information content (AvgIpc) is 2.75. The van der Waals surface area contributed by atoms with Gasteiger partial charge in [-0.25, -0.2) is 4.98 Å². The van der Waals surface area contributed by atoms with E-state index in [0.717, 1.165) is 44.6 Å². The van der Waals surface area contributed by atoms with Crippen molar-refractivity contribution in [2.75, 3.05) is 44.8 Å². The molecule has 0 saturated carbocycles. The zero-order chi connectivity index (χ0) is 18.9. The first-order valence-electron chi connectivity index (χ1n) is 9.54. The molecule has 2 heterocycles. The summed E-state index contributed by atoms with van der Waals surface area (Å²) in [7, 11) is 1.80. The van der Waals surface area contributed by atoms with Gasteiger partial charge >= 0.3 is 0 Å². The van der Waals surface area contributed by atoms with E-state index >= 15 is 0 Å². The number of morpholine rings is 1. The minimum absolute atomic E-state index is 0. The Morgan fingerprint density at radius 2 is 1.89 bits per heavy atom. The highest BCUT2D eigenvalue weighted by Crippen LogP contribution is 2.18. The quantitative estimate of drug-likeness (QED) is 0.367. The fraction of sp³-hybridized carbons (Fsp3) is 0.429. The van der Waals surface area contributed by atoms with E-state index in [0.29, 0.717) is 12.5 Å². The second kappa shape index (κ2) is 11.9. The number of aliphatic imine (C=N–C) groups is 1. The van der Waals surface area contributed by atoms with Crippen LogP contribution in [-0.2, 0) is 11.3 Å². The Bertz CT molecular complexity index is 735. The Labute approximate surface area is 184 Å². The number of benzene rings is 1. The van der Waals surface area contributed by atoms with E-state index in [1.165, 1.54) is 11.1 Å². The summed E-state index contributed by atoms with van der Waals surface area (Å²) in [4.78, 5) is 11.2. The Morgan fingerprint density at radius 3 is 2.61 bits per heavy atom. The third-order valence-corrected chi connectivity index (χ3v) is 4.79. The molecule has 0 radical (unpaired) electrons. The van der Waals surface area contributed by atoms with Crippen molar-refractivity contribution >= 4 is 35.8 Å². The molecule has 1 aromatic heterocycles. The summed E-state index contributed by atoms with van der Waals surface area (Å²) in [5.74, 6) is 2.24. The summed E-state index contributed by atoms with van der Waals surface area (Å²) in [6.45, 7) is 6.99. The van der Waals surface area contributed by atoms with Crippen LogP contribution < -0.4 is 15.5 Å². The molecule has 0 amide bonds. The van der Waals surface area contributed by atoms with Crippen molar-refractivity contribution in [2.24, 2.45) is 4.99 Å². The second-order valence-corrected chi connectivity index (χ2v) is 6.70. The molecule has 28 heavy (non-hydrogen) atoms. The van der Waals surface area contributed by atoms with Gasteiger partial charge in [-0.05, 0) is 17.5 Å². The molecule has 0 spiro atoms. The van der Waals surface area contributed by atoms with Crippen LogP contribution in [-0.4, -0.2) is 50.8 Å². The first-order valence-corrected chi connectivity index (χ1v) is 9.54. The zero-order valence-corrected chi connectivity index (χ0v) is 18.9. The first-order chi connectivity index (χ1) is 13.3. The lowest BCUT2D eigenvalue weighted by Gasteiger charge is -2.29. The van der Waals surface area contributed by atoms with Gasteiger partial charge in [0.15, 0.2) is 5.96 Å². The van der Waals surface area contributed by atoms with Crippen molar-refractivity contribution < 1.29 is 4.74 Å². The number of rotatable bonds is 6. The third kappa shape index (κ3) is 6.34. The predicted molar refractivity (Wildman–Crippen MR) is 126 cm³/mol. The van der Waals surface area contributed by atoms with Crippen LogP contribution in [0.4, 0.5) is 5.82 Å². The molecule has 3 rings (SSSR count). The van der Waals surface area contributed by atoms with Crippen molar-refractivity contribution in [3.05, 3.63) is 59.8 Å². The highest BCUT2D eigenvalue weighted by atomic mass is 127. The van der Waals surface area contributed by atoms with Crippen LogP contribution in [0.5, 0.6) is 0 Å². The topological polar surface area (TPSA) is 61.8 Å². The van der Waals surface area contributed by atoms with Gasteiger partial charge in [-0.3, -0.25) is 4.99 Å². The molecule has 1 atom stereocenters. The van der Waals surface area contributed by atoms with E-state index in [1.54, 1.807) is 7.05 Å². The zero-order valence-electron chi connectivity index (χ0n) is 16.6. The van der Waals surface area contributed by atoms with Crippen LogP contribution >= 0.6 is 24.0 Å². The van der Waals surface area contributed by atoms with Crippen molar-refractivity contribution in [1.29, 1.82) is 0 Å². The number of hydrogen-bond acceptors (Lipinski definition) is 4. The Balaban J connectivity index is 0.00000280. The van der Waals surface area contributed by atoms with Gasteiger partial charge < -0.3 is 20.3 Å². The molecular weight excluding hydrogens is 465 g/mol. The summed E-state index contributed by atoms with van der Waals surface area (Å²) in [5.41, 5.74) is 2.49. The molecule has 0 aliphatic carbocycles. The fourth-order valence-corrected chi connectivity index (χ4v) is 3.18. The van der Waals surface area contributed by atoms with Crippen LogP contribution in [0.15, 0.2) is 53.7 Å². The maximum atomic E-state index is 5.45. The van der Waals surface area contributed by atoms with E-state index in [4.69, 9.17) is 4.74 Å². The monoisotopic (exact) mass is 495 g/mol. The molecular formula is C21H30IN5O. The summed E-state index contributed by atoms with van der Waals surface area (Å²) < 4.78 is 5.45. The lowest BCUT2D eigenvalue weighted by molar-refractivity contribution is 0.122. The molecule has 1 aromatic carbocycles. The summed E-state index contributed by atoms with van der Waals surface area (Å²) in [6.07, 6.45) is 1.85. The molecule has 1 unspecified atom stereocenters. The minimum atomic E-state index is 0. The van der Waals surface area contributed by atoms with Gasteiger partial charge in [0.25, 0.3) is 0 Å². The average molecular weight is 495 g/mol. The maximum Gasteiger partial charge on any atom is 0.191 e. The summed E-state index contributed by atoms with van der Waals surface area (Å²) in [6, 6.07) is 14.6. The van der Waals surface area contributed by atoms with Gasteiger partial charge in [-0.2, -0.15) is 0 Å². The minimum Gasteiger partial charge on any atom is -0.378 e. The first kappa shape index (κ1) is 22.4. The molecule has 2 N–H and O–H groups in total. The van der Waals surface area contributed by atoms with Crippen molar-refractivity contribution in [3.63, 3.8) is 0 Å². The normalized spacial score (nSPS) is 15.5. The number of nitrogens with zero attached hydrogens (tertiary/aromatic N) is 3. The SMILES string of the molecule is CN=C(NCc1cccnc1N1CCOCC1)NCC(C)c1ccccc1.I. The van der Waals surface area contributed by atoms with Crippen LogP contribution in [0, 0.1) is 0 Å². The third-order valence-electron chi connectivity index (χ3n) is 4.79. The van der Waals surface area contributed by atoms with Gasteiger partial charge in [0.05, 0.1) is 13.2 Å². The Hall–Kier alpha value is -1.87. The predicted octanol–water partition coefficient (Wildman–Crippen LogP) is 3.00. The number of pyridine rings is 1. The smallest absolute Gasteiger partial charge is 0.191 e. The Morgan fingerprint density at radius 1 is 1.14 bits per heavy atom. The van der Waals surface area contributed by atoms with E-state index in [2.05, 4.69) is 62.8 Å². The number of nitrogens with one attached hydrogen (secondary N) is 2. The van der Waals surface area contributed by atoms with Crippen LogP contribution in [0.2, 0.25) is 0 Å². The molecule has 152 valence electrons. The highest BCUT2D eigenvalue weighted by Gasteiger charge is 2.16. The molecule has 6 nitrogen and oxygen atoms in total. The number of hydrogen-bond donors (Lipinski definition) is 2. The van der Waals surface area contributed by atoms with Gasteiger partial charge in [-0.1, -0.05) is 43.3 Å². The number of ether oxygens (including phenoxy) is 1. The van der Waals surface area contributed by atoms with Crippen molar-refractivity contribution in [3.8, 4) is 0 Å². The van der Waals surface area contributed by atoms with Crippen molar-refractivity contribution in [2.45, 2.75) is 19.4 Å². The van der Waals surface area contributed by atoms with Gasteiger partial charge in [0, 0.05) is 45.0 Å². The van der Waals surface area contributed by atoms with Gasteiger partial charge in [-0.15, -0.1) is 24.0 Å². The number of anilines is 1. The summed E-state index contributed by atoms with van der Waals surface area (Å²) in [5, 5.41) is 6.83. The molecule has 2 aromatic rings. The van der Waals surface area contributed by atoms with Crippen molar-refractivity contribution in [1.82, 2.24) is 15.6 Å². The van der Waals surface area contributed by atoms with Gasteiger partial charge in [0.2, 0.25) is 0 Å². The Kier molecular flexibility index (Phi) is 9.49. The lowest BCUT2D eigenvalue weighted by atomic mass is 10.0. The van der Waals surface area contributed by atoms with Gasteiger partial charge in [0.1, 0.15) is 5.82 Å². The fourth-order valence-electron chi connectivity index (χ4n) is 3.18. The number of guanidine groups is 1. The molecule has 1 aliphatic heterocycles. The second-order valence-electron chi connectivity index (χ2n) is 6.70. The molecule has 7 heteroatoms. The number of halogens is 1. The highest BCUT2D eigenvalue weighted by molar-refractivity contribution is 14.0. The van der Waals surface area contributed by atoms with Crippen LogP contribution in [0.25, 0.3) is 0 Å². The standard InChI is InChI=1S/C21H29N5O.HI/c1-17(18-7-4-3-5-8-18)15-24-21(22-2)25-16-19-9-6-10-23-20(19)26-11-13-27-14-12-26;/h3-10,17H,11-16H2,1-2H3,(H2,22,24,25);1H. The van der Waals surface area contributed by atoms with E-state index in [1.807, 2.05) is 18.3 Å². The van der Waals surface area contributed by atoms with Crippen LogP contribution in [0.3, 0.4) is 0 Å².